The van der Waals surface area contributed by atoms with E-state index in [1.54, 1.807) is 23.5 Å². The van der Waals surface area contributed by atoms with Gasteiger partial charge in [-0.25, -0.2) is 4.98 Å². The van der Waals surface area contributed by atoms with Gasteiger partial charge in [-0.2, -0.15) is 0 Å². The highest BCUT2D eigenvalue weighted by atomic mass is 32.1. The van der Waals surface area contributed by atoms with E-state index in [1.165, 1.54) is 17.7 Å². The van der Waals surface area contributed by atoms with Crippen LogP contribution in [0, 0.1) is 17.0 Å². The number of benzene rings is 1. The Morgan fingerprint density at radius 3 is 2.71 bits per heavy atom. The highest BCUT2D eigenvalue weighted by molar-refractivity contribution is 7.19. The standard InChI is InChI=1S/C18H13N3O2S/c1-12-10-16(13-5-7-14(8-6-13)21(22)23)24-18(12)15-11-19-17-4-2-3-9-20(15)17/h2-11H,1H3. The number of nitrogens with zero attached hydrogens (tertiary/aromatic N) is 3. The van der Waals surface area contributed by atoms with Crippen molar-refractivity contribution in [2.24, 2.45) is 0 Å². The highest BCUT2D eigenvalue weighted by Crippen LogP contribution is 2.38. The smallest absolute Gasteiger partial charge is 0.269 e. The van der Waals surface area contributed by atoms with E-state index >= 15 is 0 Å². The summed E-state index contributed by atoms with van der Waals surface area (Å²) in [6.07, 6.45) is 3.89. The molecule has 5 nitrogen and oxygen atoms in total. The molecule has 0 aliphatic carbocycles. The maximum Gasteiger partial charge on any atom is 0.269 e. The van der Waals surface area contributed by atoms with Gasteiger partial charge in [-0.15, -0.1) is 11.3 Å². The number of imidazole rings is 1. The molecule has 118 valence electrons. The summed E-state index contributed by atoms with van der Waals surface area (Å²) < 4.78 is 2.07. The molecule has 24 heavy (non-hydrogen) atoms. The normalized spacial score (nSPS) is 11.0. The van der Waals surface area contributed by atoms with Crippen molar-refractivity contribution in [2.45, 2.75) is 6.92 Å². The fourth-order valence-electron chi connectivity index (χ4n) is 2.73. The van der Waals surface area contributed by atoms with Crippen molar-refractivity contribution < 1.29 is 4.92 Å². The molecule has 0 N–H and O–H groups in total. The van der Waals surface area contributed by atoms with Gasteiger partial charge in [0, 0.05) is 23.2 Å². The number of hydrogen-bond donors (Lipinski definition) is 0. The zero-order valence-electron chi connectivity index (χ0n) is 12.8. The maximum absolute atomic E-state index is 10.8. The molecule has 1 aromatic carbocycles. The molecule has 0 atom stereocenters. The maximum atomic E-state index is 10.8. The van der Waals surface area contributed by atoms with Crippen molar-refractivity contribution >= 4 is 22.7 Å². The third-order valence-electron chi connectivity index (χ3n) is 3.93. The first-order valence-electron chi connectivity index (χ1n) is 7.41. The molecular formula is C18H13N3O2S. The quantitative estimate of drug-likeness (QED) is 0.393. The van der Waals surface area contributed by atoms with Crippen LogP contribution in [0.4, 0.5) is 5.69 Å². The average Bonchev–Trinajstić information content (AvgIpc) is 3.18. The molecule has 0 unspecified atom stereocenters. The Kier molecular flexibility index (Phi) is 3.39. The Balaban J connectivity index is 1.78. The van der Waals surface area contributed by atoms with Crippen molar-refractivity contribution in [1.29, 1.82) is 0 Å². The molecule has 4 rings (SSSR count). The van der Waals surface area contributed by atoms with Gasteiger partial charge in [0.25, 0.3) is 5.69 Å². The number of non-ortho nitro benzene ring substituents is 1. The van der Waals surface area contributed by atoms with Crippen molar-refractivity contribution in [3.8, 4) is 21.0 Å². The van der Waals surface area contributed by atoms with Crippen molar-refractivity contribution in [3.05, 3.63) is 76.6 Å². The van der Waals surface area contributed by atoms with Gasteiger partial charge in [0.2, 0.25) is 0 Å². The topological polar surface area (TPSA) is 60.4 Å². The van der Waals surface area contributed by atoms with Gasteiger partial charge in [-0.3, -0.25) is 14.5 Å². The van der Waals surface area contributed by atoms with E-state index in [0.29, 0.717) is 0 Å². The van der Waals surface area contributed by atoms with Crippen molar-refractivity contribution in [1.82, 2.24) is 9.38 Å². The lowest BCUT2D eigenvalue weighted by Crippen LogP contribution is -1.86. The summed E-state index contributed by atoms with van der Waals surface area (Å²) in [6.45, 7) is 2.07. The third-order valence-corrected chi connectivity index (χ3v) is 5.24. The molecule has 6 heteroatoms. The molecule has 0 spiro atoms. The highest BCUT2D eigenvalue weighted by Gasteiger charge is 2.14. The number of aryl methyl sites for hydroxylation is 1. The fourth-order valence-corrected chi connectivity index (χ4v) is 3.91. The average molecular weight is 335 g/mol. The van der Waals surface area contributed by atoms with Crippen LogP contribution in [0.3, 0.4) is 0 Å². The first-order valence-corrected chi connectivity index (χ1v) is 8.23. The van der Waals surface area contributed by atoms with E-state index < -0.39 is 0 Å². The SMILES string of the molecule is Cc1cc(-c2ccc([N+](=O)[O-])cc2)sc1-c1cnc2ccccn12. The molecule has 3 aromatic heterocycles. The van der Waals surface area contributed by atoms with Gasteiger partial charge in [0.1, 0.15) is 5.65 Å². The fraction of sp³-hybridized carbons (Fsp3) is 0.0556. The minimum absolute atomic E-state index is 0.106. The second-order valence-corrected chi connectivity index (χ2v) is 6.55. The number of rotatable bonds is 3. The first-order chi connectivity index (χ1) is 11.6. The predicted molar refractivity (Wildman–Crippen MR) is 95.3 cm³/mol. The number of hydrogen-bond acceptors (Lipinski definition) is 4. The lowest BCUT2D eigenvalue weighted by atomic mass is 10.1. The molecule has 0 saturated heterocycles. The molecular weight excluding hydrogens is 322 g/mol. The second kappa shape index (κ2) is 5.58. The van der Waals surface area contributed by atoms with Crippen molar-refractivity contribution in [2.75, 3.05) is 0 Å². The summed E-state index contributed by atoms with van der Waals surface area (Å²) >= 11 is 1.67. The lowest BCUT2D eigenvalue weighted by Gasteiger charge is -2.00. The van der Waals surface area contributed by atoms with Crippen LogP contribution < -0.4 is 0 Å². The largest absolute Gasteiger partial charge is 0.299 e. The minimum Gasteiger partial charge on any atom is -0.299 e. The van der Waals surface area contributed by atoms with Crippen LogP contribution in [-0.2, 0) is 0 Å². The van der Waals surface area contributed by atoms with E-state index in [9.17, 15) is 10.1 Å². The van der Waals surface area contributed by atoms with E-state index in [0.717, 1.165) is 26.7 Å². The summed E-state index contributed by atoms with van der Waals surface area (Å²) in [4.78, 5) is 17.1. The number of pyridine rings is 1. The van der Waals surface area contributed by atoms with Gasteiger partial charge in [-0.05, 0) is 48.4 Å². The molecule has 4 aromatic rings. The van der Waals surface area contributed by atoms with Crippen LogP contribution in [0.25, 0.3) is 26.7 Å². The van der Waals surface area contributed by atoms with Gasteiger partial charge < -0.3 is 0 Å². The second-order valence-electron chi connectivity index (χ2n) is 5.50. The predicted octanol–water partition coefficient (Wildman–Crippen LogP) is 4.95. The molecule has 0 saturated carbocycles. The Labute approximate surface area is 142 Å². The van der Waals surface area contributed by atoms with E-state index in [2.05, 4.69) is 22.4 Å². The third kappa shape index (κ3) is 2.37. The number of nitro groups is 1. The molecule has 0 aliphatic heterocycles. The Morgan fingerprint density at radius 2 is 1.96 bits per heavy atom. The molecule has 0 fully saturated rings. The molecule has 0 amide bonds. The summed E-state index contributed by atoms with van der Waals surface area (Å²) in [5.74, 6) is 0. The van der Waals surface area contributed by atoms with Crippen LogP contribution in [0.2, 0.25) is 0 Å². The van der Waals surface area contributed by atoms with Crippen LogP contribution >= 0.6 is 11.3 Å². The molecule has 0 bridgehead atoms. The molecule has 0 radical (unpaired) electrons. The van der Waals surface area contributed by atoms with Crippen molar-refractivity contribution in [3.63, 3.8) is 0 Å². The van der Waals surface area contributed by atoms with Crippen LogP contribution in [0.1, 0.15) is 5.56 Å². The first kappa shape index (κ1) is 14.6. The monoisotopic (exact) mass is 335 g/mol. The number of fused-ring (bicyclic) bond motifs is 1. The molecule has 3 heterocycles. The van der Waals surface area contributed by atoms with E-state index in [-0.39, 0.29) is 10.6 Å². The van der Waals surface area contributed by atoms with E-state index in [4.69, 9.17) is 0 Å². The van der Waals surface area contributed by atoms with Gasteiger partial charge >= 0.3 is 0 Å². The van der Waals surface area contributed by atoms with E-state index in [1.807, 2.05) is 30.6 Å². The number of aromatic nitrogens is 2. The summed E-state index contributed by atoms with van der Waals surface area (Å²) in [6, 6.07) is 14.7. The number of nitro benzene ring substituents is 1. The lowest BCUT2D eigenvalue weighted by molar-refractivity contribution is -0.384. The summed E-state index contributed by atoms with van der Waals surface area (Å²) in [7, 11) is 0. The zero-order chi connectivity index (χ0) is 16.7. The van der Waals surface area contributed by atoms with Gasteiger partial charge in [-0.1, -0.05) is 6.07 Å². The Hall–Kier alpha value is -2.99. The zero-order valence-corrected chi connectivity index (χ0v) is 13.7. The van der Waals surface area contributed by atoms with Crippen LogP contribution in [0.5, 0.6) is 0 Å². The minimum atomic E-state index is -0.382. The molecule has 0 aliphatic rings. The summed E-state index contributed by atoms with van der Waals surface area (Å²) in [5.41, 5.74) is 4.22. The van der Waals surface area contributed by atoms with Gasteiger partial charge in [0.15, 0.2) is 0 Å². The Bertz CT molecular complexity index is 1050. The van der Waals surface area contributed by atoms with Crippen LogP contribution in [0.15, 0.2) is 60.9 Å². The number of thiophene rings is 1. The van der Waals surface area contributed by atoms with Crippen LogP contribution in [-0.4, -0.2) is 14.3 Å². The van der Waals surface area contributed by atoms with Gasteiger partial charge in [0.05, 0.1) is 21.7 Å². The Morgan fingerprint density at radius 1 is 1.17 bits per heavy atom. The summed E-state index contributed by atoms with van der Waals surface area (Å²) in [5, 5.41) is 10.8.